The van der Waals surface area contributed by atoms with Crippen LogP contribution in [0, 0.1) is 0 Å². The van der Waals surface area contributed by atoms with Gasteiger partial charge in [-0.2, -0.15) is 0 Å². The van der Waals surface area contributed by atoms with Gasteiger partial charge in [0.25, 0.3) is 0 Å². The van der Waals surface area contributed by atoms with Gasteiger partial charge in [-0.3, -0.25) is 0 Å². The Labute approximate surface area is 73.3 Å². The van der Waals surface area contributed by atoms with Gasteiger partial charge in [0.1, 0.15) is 13.4 Å². The van der Waals surface area contributed by atoms with Gasteiger partial charge in [0.05, 0.1) is 0 Å². The smallest absolute Gasteiger partial charge is 0.0948 e. The molecule has 0 radical (unpaired) electrons. The second-order valence-electron chi connectivity index (χ2n) is 4.68. The summed E-state index contributed by atoms with van der Waals surface area (Å²) in [7, 11) is 0. The van der Waals surface area contributed by atoms with Crippen molar-refractivity contribution < 1.29 is 0 Å². The molecule has 0 aromatic carbocycles. The van der Waals surface area contributed by atoms with Crippen LogP contribution in [0.5, 0.6) is 0 Å². The van der Waals surface area contributed by atoms with Crippen LogP contribution in [-0.2, 0) is 0 Å². The van der Waals surface area contributed by atoms with Crippen LogP contribution >= 0.6 is 0 Å². The summed E-state index contributed by atoms with van der Waals surface area (Å²) in [5, 5.41) is 0. The highest BCUT2D eigenvalue weighted by molar-refractivity contribution is 6.77. The topological polar surface area (TPSA) is 0 Å². The number of hydrogen-bond acceptors (Lipinski definition) is 0. The first kappa shape index (κ1) is 11.1. The predicted octanol–water partition coefficient (Wildman–Crippen LogP) is 3.59. The van der Waals surface area contributed by atoms with E-state index in [1.165, 1.54) is 6.22 Å². The molecule has 0 heterocycles. The van der Waals surface area contributed by atoms with Crippen LogP contribution in [0.4, 0.5) is 0 Å². The highest BCUT2D eigenvalue weighted by Gasteiger charge is 2.19. The molecule has 0 rings (SSSR count). The first-order valence-corrected chi connectivity index (χ1v) is 4.95. The summed E-state index contributed by atoms with van der Waals surface area (Å²) in [5.41, 5.74) is 0. The Morgan fingerprint density at radius 1 is 0.818 bits per heavy atom. The maximum Gasteiger partial charge on any atom is 0.131 e. The molecule has 0 aromatic rings. The van der Waals surface area contributed by atoms with Gasteiger partial charge in [-0.25, -0.2) is 0 Å². The molecule has 0 atom stereocenters. The molecule has 0 spiro atoms. The van der Waals surface area contributed by atoms with Crippen LogP contribution in [0.25, 0.3) is 0 Å². The van der Waals surface area contributed by atoms with Crippen molar-refractivity contribution in [1.29, 1.82) is 0 Å². The van der Waals surface area contributed by atoms with Gasteiger partial charge in [-0.1, -0.05) is 59.2 Å². The zero-order chi connectivity index (χ0) is 9.02. The fourth-order valence-corrected chi connectivity index (χ4v) is 1.13. The number of hydrogen-bond donors (Lipinski definition) is 0. The first-order chi connectivity index (χ1) is 4.95. The molecule has 0 aliphatic rings. The third-order valence-corrected chi connectivity index (χ3v) is 3.02. The summed E-state index contributed by atoms with van der Waals surface area (Å²) in [4.78, 5) is 0. The molecule has 0 aromatic heterocycles. The normalized spacial score (nSPS) is 10.9. The molecular formula is C9H22B2. The zero-order valence-electron chi connectivity index (χ0n) is 9.02. The molecule has 0 amide bonds. The van der Waals surface area contributed by atoms with Gasteiger partial charge < -0.3 is 0 Å². The standard InChI is InChI=1S/C9H22B2/c1-8(2)10(5)7-11(6)9(3)4/h8-9H,7H2,1-6H3. The molecule has 0 saturated heterocycles. The Kier molecular flexibility index (Phi) is 4.96. The van der Waals surface area contributed by atoms with Crippen molar-refractivity contribution in [2.45, 2.75) is 59.2 Å². The Morgan fingerprint density at radius 3 is 1.27 bits per heavy atom. The lowest BCUT2D eigenvalue weighted by molar-refractivity contribution is 1.01. The van der Waals surface area contributed by atoms with Crippen molar-refractivity contribution in [2.24, 2.45) is 0 Å². The Bertz CT molecular complexity index is 87.7. The van der Waals surface area contributed by atoms with Gasteiger partial charge in [0.2, 0.25) is 0 Å². The van der Waals surface area contributed by atoms with Crippen molar-refractivity contribution in [3.63, 3.8) is 0 Å². The molecule has 0 saturated carbocycles. The van der Waals surface area contributed by atoms with Crippen LogP contribution < -0.4 is 0 Å². The maximum absolute atomic E-state index is 2.36. The minimum Gasteiger partial charge on any atom is -0.0948 e. The van der Waals surface area contributed by atoms with Crippen LogP contribution in [-0.4, -0.2) is 13.4 Å². The largest absolute Gasteiger partial charge is 0.131 e. The van der Waals surface area contributed by atoms with Crippen LogP contribution in [0.15, 0.2) is 0 Å². The summed E-state index contributed by atoms with van der Waals surface area (Å²) < 4.78 is 0. The SMILES string of the molecule is CB(CB(C)C(C)C)C(C)C. The summed E-state index contributed by atoms with van der Waals surface area (Å²) in [5.74, 6) is 1.69. The maximum atomic E-state index is 2.36. The van der Waals surface area contributed by atoms with E-state index >= 15 is 0 Å². The predicted molar refractivity (Wildman–Crippen MR) is 58.2 cm³/mol. The molecule has 0 aliphatic heterocycles. The lowest BCUT2D eigenvalue weighted by Gasteiger charge is -2.17. The second-order valence-corrected chi connectivity index (χ2v) is 4.68. The van der Waals surface area contributed by atoms with Crippen molar-refractivity contribution in [2.75, 3.05) is 0 Å². The highest BCUT2D eigenvalue weighted by Crippen LogP contribution is 2.18. The molecule has 2 heteroatoms. The van der Waals surface area contributed by atoms with E-state index in [-0.39, 0.29) is 0 Å². The average Bonchev–Trinajstić information content (AvgIpc) is 1.87. The molecular weight excluding hydrogens is 130 g/mol. The molecule has 0 unspecified atom stereocenters. The monoisotopic (exact) mass is 152 g/mol. The van der Waals surface area contributed by atoms with E-state index < -0.39 is 0 Å². The average molecular weight is 152 g/mol. The molecule has 11 heavy (non-hydrogen) atoms. The van der Waals surface area contributed by atoms with Gasteiger partial charge >= 0.3 is 0 Å². The van der Waals surface area contributed by atoms with Crippen molar-refractivity contribution >= 4 is 13.4 Å². The molecule has 0 N–H and O–H groups in total. The molecule has 0 nitrogen and oxygen atoms in total. The van der Waals surface area contributed by atoms with Crippen LogP contribution in [0.2, 0.25) is 31.5 Å². The minimum absolute atomic E-state index is 0.844. The Morgan fingerprint density at radius 2 is 1.09 bits per heavy atom. The number of rotatable bonds is 4. The fourth-order valence-electron chi connectivity index (χ4n) is 1.13. The summed E-state index contributed by atoms with van der Waals surface area (Å²) in [6, 6.07) is 0. The molecule has 64 valence electrons. The van der Waals surface area contributed by atoms with E-state index in [1.54, 1.807) is 0 Å². The Balaban J connectivity index is 3.66. The van der Waals surface area contributed by atoms with Crippen molar-refractivity contribution in [3.05, 3.63) is 0 Å². The fraction of sp³-hybridized carbons (Fsp3) is 1.00. The summed E-state index contributed by atoms with van der Waals surface area (Å²) in [6.07, 6.45) is 1.38. The van der Waals surface area contributed by atoms with Crippen molar-refractivity contribution in [3.8, 4) is 0 Å². The van der Waals surface area contributed by atoms with E-state index in [4.69, 9.17) is 0 Å². The van der Waals surface area contributed by atoms with E-state index in [0.717, 1.165) is 25.1 Å². The minimum atomic E-state index is 0.844. The van der Waals surface area contributed by atoms with Gasteiger partial charge in [-0.15, -0.1) is 0 Å². The molecule has 0 aliphatic carbocycles. The molecule has 0 fully saturated rings. The van der Waals surface area contributed by atoms with E-state index in [2.05, 4.69) is 41.3 Å². The third-order valence-electron chi connectivity index (χ3n) is 3.02. The van der Waals surface area contributed by atoms with E-state index in [1.807, 2.05) is 0 Å². The lowest BCUT2D eigenvalue weighted by atomic mass is 9.24. The molecule has 0 bridgehead atoms. The second kappa shape index (κ2) is 4.90. The van der Waals surface area contributed by atoms with Gasteiger partial charge in [0, 0.05) is 0 Å². The van der Waals surface area contributed by atoms with Crippen LogP contribution in [0.1, 0.15) is 27.7 Å². The highest BCUT2D eigenvalue weighted by atomic mass is 13.8. The van der Waals surface area contributed by atoms with E-state index in [0.29, 0.717) is 0 Å². The summed E-state index contributed by atoms with van der Waals surface area (Å²) in [6.45, 7) is 15.8. The van der Waals surface area contributed by atoms with E-state index in [9.17, 15) is 0 Å². The van der Waals surface area contributed by atoms with Gasteiger partial charge in [-0.05, 0) is 0 Å². The third kappa shape index (κ3) is 4.55. The van der Waals surface area contributed by atoms with Gasteiger partial charge in [0.15, 0.2) is 0 Å². The first-order valence-electron chi connectivity index (χ1n) is 4.95. The lowest BCUT2D eigenvalue weighted by Crippen LogP contribution is -2.23. The summed E-state index contributed by atoms with van der Waals surface area (Å²) >= 11 is 0. The quantitative estimate of drug-likeness (QED) is 0.539. The van der Waals surface area contributed by atoms with Crippen LogP contribution in [0.3, 0.4) is 0 Å². The van der Waals surface area contributed by atoms with Crippen molar-refractivity contribution in [1.82, 2.24) is 0 Å². The zero-order valence-corrected chi connectivity index (χ0v) is 9.02. The Hall–Kier alpha value is 0.130.